The molecular weight excluding hydrogens is 460 g/mol. The highest BCUT2D eigenvalue weighted by Gasteiger charge is 2.40. The number of piperidine rings is 1. The molecule has 12 heteroatoms. The molecule has 2 atom stereocenters. The van der Waals surface area contributed by atoms with Crippen LogP contribution in [0.3, 0.4) is 0 Å². The maximum absolute atomic E-state index is 14.1. The second-order valence-electron chi connectivity index (χ2n) is 9.76. The summed E-state index contributed by atoms with van der Waals surface area (Å²) < 4.78 is 38.4. The number of alkyl halides is 2. The Bertz CT molecular complexity index is 1250. The molecule has 4 fully saturated rings. The molecule has 1 amide bonds. The number of aliphatic hydroxyl groups excluding tert-OH is 1. The summed E-state index contributed by atoms with van der Waals surface area (Å²) in [7, 11) is 0. The molecule has 3 N–H and O–H groups in total. The van der Waals surface area contributed by atoms with Gasteiger partial charge in [-0.3, -0.25) is 9.48 Å². The van der Waals surface area contributed by atoms with Gasteiger partial charge in [-0.15, -0.1) is 4.52 Å². The van der Waals surface area contributed by atoms with Crippen molar-refractivity contribution in [3.8, 4) is 5.69 Å². The Balaban J connectivity index is 1.40. The topological polar surface area (TPSA) is 116 Å². The van der Waals surface area contributed by atoms with Crippen LogP contribution in [0.2, 0.25) is 0 Å². The average molecular weight is 489 g/mol. The van der Waals surface area contributed by atoms with Gasteiger partial charge in [-0.1, -0.05) is 0 Å². The fourth-order valence-corrected chi connectivity index (χ4v) is 5.59. The van der Waals surface area contributed by atoms with Gasteiger partial charge in [0.2, 0.25) is 5.82 Å². The van der Waals surface area contributed by atoms with Crippen molar-refractivity contribution in [3.05, 3.63) is 35.9 Å². The van der Waals surface area contributed by atoms with E-state index in [4.69, 9.17) is 10.5 Å². The van der Waals surface area contributed by atoms with E-state index in [0.717, 1.165) is 32.1 Å². The summed E-state index contributed by atoms with van der Waals surface area (Å²) in [4.78, 5) is 19.1. The van der Waals surface area contributed by atoms with Crippen molar-refractivity contribution < 1.29 is 27.9 Å². The lowest BCUT2D eigenvalue weighted by Gasteiger charge is -2.46. The number of anilines is 1. The van der Waals surface area contributed by atoms with Crippen molar-refractivity contribution in [1.82, 2.24) is 19.4 Å². The second kappa shape index (κ2) is 8.52. The molecule has 0 spiro atoms. The quantitative estimate of drug-likeness (QED) is 0.509. The summed E-state index contributed by atoms with van der Waals surface area (Å²) in [6, 6.07) is 1.78. The third-order valence-corrected chi connectivity index (χ3v) is 7.52. The number of aliphatic hydroxyl groups is 1. The van der Waals surface area contributed by atoms with Gasteiger partial charge in [0.1, 0.15) is 11.9 Å². The van der Waals surface area contributed by atoms with Crippen LogP contribution in [0.15, 0.2) is 24.7 Å². The number of fused-ring (bicyclic) bond motifs is 3. The molecule has 186 valence electrons. The van der Waals surface area contributed by atoms with E-state index in [0.29, 0.717) is 24.6 Å². The maximum Gasteiger partial charge on any atom is 0.363 e. The van der Waals surface area contributed by atoms with Crippen molar-refractivity contribution in [1.29, 1.82) is 0 Å². The van der Waals surface area contributed by atoms with E-state index in [2.05, 4.69) is 15.0 Å². The van der Waals surface area contributed by atoms with Crippen LogP contribution in [0, 0.1) is 5.92 Å². The Morgan fingerprint density at radius 1 is 1.23 bits per heavy atom. The molecule has 7 rings (SSSR count). The number of carbonyl (C=O) groups is 1. The molecule has 2 unspecified atom stereocenters. The number of nitrogens with zero attached hydrogens (tertiary/aromatic N) is 6. The number of hydrogen-bond acceptors (Lipinski definition) is 6. The van der Waals surface area contributed by atoms with Crippen LogP contribution >= 0.6 is 0 Å². The lowest BCUT2D eigenvalue weighted by Crippen LogP contribution is -2.57. The van der Waals surface area contributed by atoms with E-state index >= 15 is 0 Å². The van der Waals surface area contributed by atoms with Crippen LogP contribution in [-0.2, 0) is 4.74 Å². The van der Waals surface area contributed by atoms with Crippen molar-refractivity contribution in [2.75, 3.05) is 24.6 Å². The van der Waals surface area contributed by atoms with Crippen LogP contribution in [0.4, 0.5) is 14.6 Å². The molecular formula is C23H28F2N7O3+. The molecule has 1 aliphatic carbocycles. The fraction of sp³-hybridized carbons (Fsp3) is 0.565. The van der Waals surface area contributed by atoms with Gasteiger partial charge in [-0.05, 0) is 36.6 Å². The number of amides is 1. The van der Waals surface area contributed by atoms with Crippen LogP contribution in [0.25, 0.3) is 11.3 Å². The predicted octanol–water partition coefficient (Wildman–Crippen LogP) is 1.55. The van der Waals surface area contributed by atoms with Crippen LogP contribution in [0.1, 0.15) is 60.6 Å². The van der Waals surface area contributed by atoms with Gasteiger partial charge in [0.15, 0.2) is 11.3 Å². The Morgan fingerprint density at radius 2 is 1.94 bits per heavy atom. The molecule has 3 aliphatic heterocycles. The lowest BCUT2D eigenvalue weighted by atomic mass is 9.87. The summed E-state index contributed by atoms with van der Waals surface area (Å²) in [5, 5.41) is 13.6. The molecule has 6 heterocycles. The first-order chi connectivity index (χ1) is 16.9. The van der Waals surface area contributed by atoms with Crippen molar-refractivity contribution in [3.63, 3.8) is 0 Å². The van der Waals surface area contributed by atoms with E-state index in [1.54, 1.807) is 21.6 Å². The van der Waals surface area contributed by atoms with Crippen LogP contribution < -0.4 is 15.1 Å². The molecule has 0 aromatic carbocycles. The third kappa shape index (κ3) is 3.84. The summed E-state index contributed by atoms with van der Waals surface area (Å²) in [5.41, 5.74) is 5.89. The Kier molecular flexibility index (Phi) is 5.44. The lowest BCUT2D eigenvalue weighted by molar-refractivity contribution is -0.600. The third-order valence-electron chi connectivity index (χ3n) is 7.52. The zero-order valence-corrected chi connectivity index (χ0v) is 19.1. The molecule has 10 nitrogen and oxygen atoms in total. The molecule has 3 aromatic rings. The van der Waals surface area contributed by atoms with Gasteiger partial charge < -0.3 is 20.5 Å². The minimum absolute atomic E-state index is 0.0241. The second-order valence-corrected chi connectivity index (χ2v) is 9.76. The number of halogens is 2. The highest BCUT2D eigenvalue weighted by molar-refractivity contribution is 5.97. The minimum atomic E-state index is -2.80. The SMILES string of the molecule is NC(=O)c1cn(-c2cn(C3CCC(CO)CC3)nc2C(F)F)[n+]2ccc(N3CC4CC(C3)O4)nc12. The largest absolute Gasteiger partial charge is 0.396 e. The number of ether oxygens (including phenoxy) is 1. The summed E-state index contributed by atoms with van der Waals surface area (Å²) in [6.07, 6.45) is 6.53. The Labute approximate surface area is 199 Å². The maximum atomic E-state index is 14.1. The fourth-order valence-electron chi connectivity index (χ4n) is 5.59. The smallest absolute Gasteiger partial charge is 0.363 e. The molecule has 4 aliphatic rings. The number of rotatable bonds is 6. The molecule has 3 saturated heterocycles. The van der Waals surface area contributed by atoms with Crippen molar-refractivity contribution in [2.45, 2.75) is 56.8 Å². The summed E-state index contributed by atoms with van der Waals surface area (Å²) in [6.45, 7) is 1.57. The van der Waals surface area contributed by atoms with Gasteiger partial charge in [-0.25, -0.2) is 8.78 Å². The first-order valence-electron chi connectivity index (χ1n) is 12.0. The van der Waals surface area contributed by atoms with E-state index in [9.17, 15) is 18.7 Å². The summed E-state index contributed by atoms with van der Waals surface area (Å²) >= 11 is 0. The van der Waals surface area contributed by atoms with E-state index in [1.165, 1.54) is 10.9 Å². The number of carbonyl (C=O) groups excluding carboxylic acids is 1. The number of morpholine rings is 1. The van der Waals surface area contributed by atoms with Crippen LogP contribution in [0.5, 0.6) is 0 Å². The molecule has 35 heavy (non-hydrogen) atoms. The van der Waals surface area contributed by atoms with Crippen molar-refractivity contribution in [2.24, 2.45) is 11.7 Å². The zero-order valence-electron chi connectivity index (χ0n) is 19.1. The molecule has 2 bridgehead atoms. The Hall–Kier alpha value is -3.12. The zero-order chi connectivity index (χ0) is 24.3. The normalized spacial score (nSPS) is 26.3. The number of aromatic nitrogens is 5. The predicted molar refractivity (Wildman–Crippen MR) is 120 cm³/mol. The number of primary amides is 1. The first kappa shape index (κ1) is 22.4. The molecule has 1 saturated carbocycles. The first-order valence-corrected chi connectivity index (χ1v) is 12.0. The van der Waals surface area contributed by atoms with Gasteiger partial charge in [-0.2, -0.15) is 9.78 Å². The number of nitrogens with two attached hydrogens (primary N) is 1. The van der Waals surface area contributed by atoms with Crippen LogP contribution in [-0.4, -0.2) is 62.4 Å². The van der Waals surface area contributed by atoms with Gasteiger partial charge in [0.25, 0.3) is 12.3 Å². The standard InChI is InChI=1S/C23H27F2N7O3/c24-21(25)20-18(11-30(28-20)14-3-1-13(12-33)2-4-14)32-10-17(22(26)34)23-27-19(5-6-31(23)32)29-8-15-7-16(9-29)35-15/h5-6,10-11,13-16,21,33H,1-4,7-9,12H2,(H-,26,34)/p+1. The van der Waals surface area contributed by atoms with E-state index in [-0.39, 0.29) is 47.7 Å². The highest BCUT2D eigenvalue weighted by Crippen LogP contribution is 2.34. The highest BCUT2D eigenvalue weighted by atomic mass is 19.3. The number of hydrogen-bond donors (Lipinski definition) is 2. The van der Waals surface area contributed by atoms with Gasteiger partial charge in [0.05, 0.1) is 30.6 Å². The minimum Gasteiger partial charge on any atom is -0.396 e. The molecule has 0 radical (unpaired) electrons. The molecule has 3 aromatic heterocycles. The summed E-state index contributed by atoms with van der Waals surface area (Å²) in [5.74, 6) is 0.244. The monoisotopic (exact) mass is 488 g/mol. The van der Waals surface area contributed by atoms with E-state index in [1.807, 2.05) is 6.07 Å². The average Bonchev–Trinajstić information content (AvgIpc) is 3.46. The Morgan fingerprint density at radius 3 is 2.57 bits per heavy atom. The van der Waals surface area contributed by atoms with Crippen molar-refractivity contribution >= 4 is 17.4 Å². The van der Waals surface area contributed by atoms with Gasteiger partial charge in [0, 0.05) is 32.2 Å². The van der Waals surface area contributed by atoms with Gasteiger partial charge >= 0.3 is 5.65 Å². The van der Waals surface area contributed by atoms with E-state index < -0.39 is 12.3 Å².